The average molecular weight is 181 g/mol. The van der Waals surface area contributed by atoms with E-state index in [1.54, 1.807) is 0 Å². The van der Waals surface area contributed by atoms with Crippen molar-refractivity contribution in [2.24, 2.45) is 0 Å². The molecule has 0 radical (unpaired) electrons. The molecule has 0 aliphatic carbocycles. The van der Waals surface area contributed by atoms with Crippen LogP contribution >= 0.6 is 0 Å². The van der Waals surface area contributed by atoms with Crippen LogP contribution in [-0.4, -0.2) is 42.0 Å². The lowest BCUT2D eigenvalue weighted by molar-refractivity contribution is 0.157. The minimum atomic E-state index is 0.742. The predicted molar refractivity (Wildman–Crippen MR) is 55.4 cm³/mol. The Hall–Kier alpha value is -0.0800. The first-order chi connectivity index (χ1) is 6.36. The summed E-state index contributed by atoms with van der Waals surface area (Å²) in [6.45, 7) is 5.12. The molecule has 2 saturated heterocycles. The van der Waals surface area contributed by atoms with Crippen molar-refractivity contribution < 1.29 is 0 Å². The minimum Gasteiger partial charge on any atom is -0.456 e. The number of hydrogen-bond donors (Lipinski definition) is 0. The standard InChI is InChI=1S/C11H21N2/c1-12-7-3-2-6-11(12)10-13-8-4-5-9-13/h11H,1-10H2/q-1. The third kappa shape index (κ3) is 2.44. The molecule has 0 aromatic rings. The van der Waals surface area contributed by atoms with Gasteiger partial charge in [-0.15, -0.1) is 0 Å². The van der Waals surface area contributed by atoms with Gasteiger partial charge in [0.25, 0.3) is 0 Å². The summed E-state index contributed by atoms with van der Waals surface area (Å²) in [5.74, 6) is 0. The summed E-state index contributed by atoms with van der Waals surface area (Å²) in [4.78, 5) is 4.91. The molecule has 1 atom stereocenters. The molecule has 13 heavy (non-hydrogen) atoms. The van der Waals surface area contributed by atoms with Crippen molar-refractivity contribution in [1.29, 1.82) is 0 Å². The molecule has 0 aromatic heterocycles. The summed E-state index contributed by atoms with van der Waals surface area (Å²) in [5.41, 5.74) is 0. The van der Waals surface area contributed by atoms with Gasteiger partial charge >= 0.3 is 0 Å². The second kappa shape index (κ2) is 4.43. The van der Waals surface area contributed by atoms with E-state index < -0.39 is 0 Å². The Morgan fingerprint density at radius 3 is 2.38 bits per heavy atom. The van der Waals surface area contributed by atoms with Crippen LogP contribution in [0.4, 0.5) is 0 Å². The summed E-state index contributed by atoms with van der Waals surface area (Å²) in [5, 5.41) is 0. The molecule has 2 heterocycles. The fraction of sp³-hybridized carbons (Fsp3) is 0.909. The molecular weight excluding hydrogens is 160 g/mol. The van der Waals surface area contributed by atoms with Crippen molar-refractivity contribution in [3.05, 3.63) is 7.05 Å². The Morgan fingerprint density at radius 2 is 1.69 bits per heavy atom. The highest BCUT2D eigenvalue weighted by atomic mass is 15.2. The second-order valence-corrected chi connectivity index (χ2v) is 4.47. The number of likely N-dealkylation sites (tertiary alicyclic amines) is 2. The molecule has 76 valence electrons. The Bertz CT molecular complexity index is 152. The summed E-state index contributed by atoms with van der Waals surface area (Å²) >= 11 is 0. The van der Waals surface area contributed by atoms with Crippen LogP contribution in [0.5, 0.6) is 0 Å². The third-order valence-corrected chi connectivity index (χ3v) is 3.42. The monoisotopic (exact) mass is 181 g/mol. The number of rotatable bonds is 2. The van der Waals surface area contributed by atoms with Crippen molar-refractivity contribution >= 4 is 0 Å². The van der Waals surface area contributed by atoms with Gasteiger partial charge in [-0.1, -0.05) is 6.42 Å². The highest BCUT2D eigenvalue weighted by Gasteiger charge is 2.19. The van der Waals surface area contributed by atoms with Crippen LogP contribution in [-0.2, 0) is 0 Å². The number of piperidine rings is 1. The molecule has 0 amide bonds. The van der Waals surface area contributed by atoms with Gasteiger partial charge in [0.2, 0.25) is 0 Å². The first kappa shape index (κ1) is 9.47. The molecule has 0 spiro atoms. The molecule has 2 heteroatoms. The van der Waals surface area contributed by atoms with E-state index in [9.17, 15) is 0 Å². The van der Waals surface area contributed by atoms with Crippen LogP contribution in [0.2, 0.25) is 0 Å². The zero-order valence-corrected chi connectivity index (χ0v) is 8.54. The normalized spacial score (nSPS) is 32.5. The maximum absolute atomic E-state index is 4.13. The predicted octanol–water partition coefficient (Wildman–Crippen LogP) is 1.73. The van der Waals surface area contributed by atoms with Gasteiger partial charge in [-0.25, -0.2) is 0 Å². The van der Waals surface area contributed by atoms with Crippen LogP contribution in [0.1, 0.15) is 32.1 Å². The fourth-order valence-corrected chi connectivity index (χ4v) is 2.53. The van der Waals surface area contributed by atoms with Crippen molar-refractivity contribution in [2.75, 3.05) is 26.2 Å². The molecule has 2 aliphatic rings. The average Bonchev–Trinajstić information content (AvgIpc) is 2.61. The minimum absolute atomic E-state index is 0.742. The SMILES string of the molecule is [CH2-]N1CCCCC1CN1CCCC1. The van der Waals surface area contributed by atoms with Gasteiger partial charge in [0.1, 0.15) is 0 Å². The molecular formula is C11H21N2-. The number of hydrogen-bond acceptors (Lipinski definition) is 2. The van der Waals surface area contributed by atoms with Gasteiger partial charge in [0.05, 0.1) is 0 Å². The Kier molecular flexibility index (Phi) is 3.23. The fourth-order valence-electron chi connectivity index (χ4n) is 2.53. The van der Waals surface area contributed by atoms with Crippen LogP contribution in [0.15, 0.2) is 0 Å². The van der Waals surface area contributed by atoms with Crippen molar-refractivity contribution in [3.63, 3.8) is 0 Å². The quantitative estimate of drug-likeness (QED) is 0.599. The van der Waals surface area contributed by atoms with Crippen molar-refractivity contribution in [1.82, 2.24) is 9.80 Å². The van der Waals surface area contributed by atoms with E-state index in [4.69, 9.17) is 0 Å². The van der Waals surface area contributed by atoms with Crippen LogP contribution in [0.3, 0.4) is 0 Å². The lowest BCUT2D eigenvalue weighted by Crippen LogP contribution is -2.42. The largest absolute Gasteiger partial charge is 0.456 e. The first-order valence-electron chi connectivity index (χ1n) is 5.66. The summed E-state index contributed by atoms with van der Waals surface area (Å²) < 4.78 is 0. The van der Waals surface area contributed by atoms with Gasteiger partial charge in [0, 0.05) is 6.54 Å². The number of nitrogens with zero attached hydrogens (tertiary/aromatic N) is 2. The van der Waals surface area contributed by atoms with Gasteiger partial charge in [0.15, 0.2) is 0 Å². The second-order valence-electron chi connectivity index (χ2n) is 4.47. The molecule has 0 N–H and O–H groups in total. The van der Waals surface area contributed by atoms with E-state index in [0.29, 0.717) is 0 Å². The highest BCUT2D eigenvalue weighted by Crippen LogP contribution is 2.18. The zero-order chi connectivity index (χ0) is 9.10. The molecule has 2 nitrogen and oxygen atoms in total. The van der Waals surface area contributed by atoms with E-state index >= 15 is 0 Å². The van der Waals surface area contributed by atoms with Gasteiger partial charge in [-0.3, -0.25) is 7.05 Å². The molecule has 2 rings (SSSR count). The molecule has 2 aliphatic heterocycles. The summed E-state index contributed by atoms with van der Waals surface area (Å²) in [6.07, 6.45) is 6.93. The van der Waals surface area contributed by atoms with Crippen LogP contribution < -0.4 is 0 Å². The third-order valence-electron chi connectivity index (χ3n) is 3.42. The first-order valence-corrected chi connectivity index (χ1v) is 5.66. The molecule has 1 unspecified atom stereocenters. The van der Waals surface area contributed by atoms with Gasteiger partial charge < -0.3 is 9.80 Å². The zero-order valence-electron chi connectivity index (χ0n) is 8.54. The van der Waals surface area contributed by atoms with E-state index in [-0.39, 0.29) is 0 Å². The Morgan fingerprint density at radius 1 is 1.00 bits per heavy atom. The maximum Gasteiger partial charge on any atom is 0.0114 e. The topological polar surface area (TPSA) is 6.48 Å². The maximum atomic E-state index is 4.13. The Labute approximate surface area is 81.9 Å². The smallest absolute Gasteiger partial charge is 0.0114 e. The highest BCUT2D eigenvalue weighted by molar-refractivity contribution is 4.81. The lowest BCUT2D eigenvalue weighted by atomic mass is 10.0. The van der Waals surface area contributed by atoms with Gasteiger partial charge in [-0.2, -0.15) is 0 Å². The summed E-state index contributed by atoms with van der Waals surface area (Å²) in [6, 6.07) is 0.742. The van der Waals surface area contributed by atoms with Crippen molar-refractivity contribution in [2.45, 2.75) is 38.1 Å². The van der Waals surface area contributed by atoms with Crippen LogP contribution in [0, 0.1) is 7.05 Å². The molecule has 0 bridgehead atoms. The molecule has 2 fully saturated rings. The van der Waals surface area contributed by atoms with E-state index in [0.717, 1.165) is 6.04 Å². The summed E-state index contributed by atoms with van der Waals surface area (Å²) in [7, 11) is 4.13. The molecule has 0 saturated carbocycles. The van der Waals surface area contributed by atoms with Crippen LogP contribution in [0.25, 0.3) is 0 Å². The van der Waals surface area contributed by atoms with E-state index in [1.165, 1.54) is 58.3 Å². The lowest BCUT2D eigenvalue weighted by Gasteiger charge is -2.41. The van der Waals surface area contributed by atoms with Gasteiger partial charge in [-0.05, 0) is 51.4 Å². The molecule has 0 aromatic carbocycles. The Balaban J connectivity index is 1.78. The van der Waals surface area contributed by atoms with E-state index in [2.05, 4.69) is 16.8 Å². The van der Waals surface area contributed by atoms with Crippen molar-refractivity contribution in [3.8, 4) is 0 Å². The van der Waals surface area contributed by atoms with E-state index in [1.807, 2.05) is 0 Å².